The van der Waals surface area contributed by atoms with Crippen LogP contribution in [0.15, 0.2) is 30.3 Å². The molecular weight excluding hydrogens is 354 g/mol. The summed E-state index contributed by atoms with van der Waals surface area (Å²) in [5.41, 5.74) is 2.91. The van der Waals surface area contributed by atoms with Crippen LogP contribution >= 0.6 is 0 Å². The van der Waals surface area contributed by atoms with Crippen molar-refractivity contribution in [1.29, 1.82) is 0 Å². The molecule has 1 aromatic carbocycles. The Kier molecular flexibility index (Phi) is 6.85. The lowest BCUT2D eigenvalue weighted by Gasteiger charge is -2.16. The number of benzene rings is 1. The topological polar surface area (TPSA) is 73.2 Å². The Morgan fingerprint density at radius 3 is 2.46 bits per heavy atom. The van der Waals surface area contributed by atoms with Gasteiger partial charge in [0.2, 0.25) is 0 Å². The number of aromatic nitrogens is 2. The van der Waals surface area contributed by atoms with Gasteiger partial charge in [0.25, 0.3) is 5.91 Å². The lowest BCUT2D eigenvalue weighted by atomic mass is 10.1. The number of nitrogens with one attached hydrogen (secondary N) is 1. The number of rotatable bonds is 6. The average molecular weight is 383 g/mol. The van der Waals surface area contributed by atoms with E-state index in [1.54, 1.807) is 11.6 Å². The Hall–Kier alpha value is -2.63. The molecule has 0 aliphatic heterocycles. The SMILES string of the molecule is Cc1nn(Cc2ccccc2)c(C)c1C(=O)OCC(=O)NC1CCCCCC1. The van der Waals surface area contributed by atoms with Gasteiger partial charge in [0.15, 0.2) is 6.61 Å². The van der Waals surface area contributed by atoms with E-state index >= 15 is 0 Å². The Labute approximate surface area is 166 Å². The molecule has 1 saturated carbocycles. The first-order valence-electron chi connectivity index (χ1n) is 10.1. The zero-order chi connectivity index (χ0) is 19.9. The van der Waals surface area contributed by atoms with E-state index in [2.05, 4.69) is 10.4 Å². The van der Waals surface area contributed by atoms with E-state index in [1.165, 1.54) is 12.8 Å². The number of carbonyl (C=O) groups is 2. The highest BCUT2D eigenvalue weighted by Gasteiger charge is 2.22. The lowest BCUT2D eigenvalue weighted by Crippen LogP contribution is -2.37. The van der Waals surface area contributed by atoms with Gasteiger partial charge < -0.3 is 10.1 Å². The van der Waals surface area contributed by atoms with Gasteiger partial charge in [-0.15, -0.1) is 0 Å². The molecule has 0 saturated heterocycles. The van der Waals surface area contributed by atoms with Gasteiger partial charge in [-0.3, -0.25) is 9.48 Å². The number of aryl methyl sites for hydroxylation is 1. The highest BCUT2D eigenvalue weighted by atomic mass is 16.5. The minimum atomic E-state index is -0.495. The molecule has 1 amide bonds. The molecule has 6 nitrogen and oxygen atoms in total. The molecular formula is C22H29N3O3. The van der Waals surface area contributed by atoms with Crippen LogP contribution in [0, 0.1) is 13.8 Å². The van der Waals surface area contributed by atoms with Crippen molar-refractivity contribution >= 4 is 11.9 Å². The van der Waals surface area contributed by atoms with E-state index in [9.17, 15) is 9.59 Å². The summed E-state index contributed by atoms with van der Waals surface area (Å²) in [4.78, 5) is 24.7. The molecule has 3 rings (SSSR count). The monoisotopic (exact) mass is 383 g/mol. The number of nitrogens with zero attached hydrogens (tertiary/aromatic N) is 2. The zero-order valence-corrected chi connectivity index (χ0v) is 16.7. The first kappa shape index (κ1) is 20.1. The van der Waals surface area contributed by atoms with Crippen LogP contribution in [0.3, 0.4) is 0 Å². The van der Waals surface area contributed by atoms with Crippen molar-refractivity contribution in [3.8, 4) is 0 Å². The van der Waals surface area contributed by atoms with E-state index in [0.717, 1.165) is 36.9 Å². The van der Waals surface area contributed by atoms with E-state index < -0.39 is 5.97 Å². The molecule has 2 aromatic rings. The van der Waals surface area contributed by atoms with Crippen LogP contribution in [0.2, 0.25) is 0 Å². The van der Waals surface area contributed by atoms with Gasteiger partial charge in [-0.05, 0) is 32.3 Å². The van der Waals surface area contributed by atoms with Gasteiger partial charge >= 0.3 is 5.97 Å². The maximum Gasteiger partial charge on any atom is 0.342 e. The maximum absolute atomic E-state index is 12.5. The Bertz CT molecular complexity index is 806. The molecule has 0 atom stereocenters. The minimum absolute atomic E-state index is 0.200. The quantitative estimate of drug-likeness (QED) is 0.612. The lowest BCUT2D eigenvalue weighted by molar-refractivity contribution is -0.125. The number of hydrogen-bond donors (Lipinski definition) is 1. The van der Waals surface area contributed by atoms with Gasteiger partial charge in [-0.25, -0.2) is 4.79 Å². The second kappa shape index (κ2) is 9.53. The summed E-state index contributed by atoms with van der Waals surface area (Å²) in [5.74, 6) is -0.724. The highest BCUT2D eigenvalue weighted by molar-refractivity contribution is 5.93. The van der Waals surface area contributed by atoms with Crippen molar-refractivity contribution in [2.45, 2.75) is 65.0 Å². The zero-order valence-electron chi connectivity index (χ0n) is 16.7. The molecule has 1 aliphatic carbocycles. The summed E-state index contributed by atoms with van der Waals surface area (Å²) in [6.07, 6.45) is 6.75. The predicted molar refractivity (Wildman–Crippen MR) is 107 cm³/mol. The first-order valence-corrected chi connectivity index (χ1v) is 10.1. The Morgan fingerprint density at radius 2 is 1.79 bits per heavy atom. The van der Waals surface area contributed by atoms with Crippen LogP contribution in [0.4, 0.5) is 0 Å². The molecule has 0 unspecified atom stereocenters. The van der Waals surface area contributed by atoms with Gasteiger partial charge in [0.05, 0.1) is 17.9 Å². The molecule has 6 heteroatoms. The Balaban J connectivity index is 1.57. The maximum atomic E-state index is 12.5. The van der Waals surface area contributed by atoms with Crippen LogP contribution < -0.4 is 5.32 Å². The highest BCUT2D eigenvalue weighted by Crippen LogP contribution is 2.18. The van der Waals surface area contributed by atoms with E-state index in [-0.39, 0.29) is 18.6 Å². The fourth-order valence-electron chi connectivity index (χ4n) is 3.80. The summed E-state index contributed by atoms with van der Waals surface area (Å²) in [6.45, 7) is 3.98. The van der Waals surface area contributed by atoms with Crippen LogP contribution in [0.5, 0.6) is 0 Å². The third-order valence-electron chi connectivity index (χ3n) is 5.32. The van der Waals surface area contributed by atoms with E-state index in [4.69, 9.17) is 4.74 Å². The fourth-order valence-corrected chi connectivity index (χ4v) is 3.80. The predicted octanol–water partition coefficient (Wildman–Crippen LogP) is 3.54. The van der Waals surface area contributed by atoms with Crippen molar-refractivity contribution in [1.82, 2.24) is 15.1 Å². The van der Waals surface area contributed by atoms with Crippen molar-refractivity contribution in [2.75, 3.05) is 6.61 Å². The summed E-state index contributed by atoms with van der Waals surface area (Å²) < 4.78 is 7.08. The number of amides is 1. The molecule has 1 fully saturated rings. The number of hydrogen-bond acceptors (Lipinski definition) is 4. The van der Waals surface area contributed by atoms with Crippen LogP contribution in [-0.2, 0) is 16.1 Å². The summed E-state index contributed by atoms with van der Waals surface area (Å²) in [7, 11) is 0. The molecule has 1 aromatic heterocycles. The van der Waals surface area contributed by atoms with Crippen molar-refractivity contribution in [2.24, 2.45) is 0 Å². The summed E-state index contributed by atoms with van der Waals surface area (Å²) in [6, 6.07) is 10.2. The number of carbonyl (C=O) groups excluding carboxylic acids is 2. The standard InChI is InChI=1S/C22H29N3O3/c1-16-21(17(2)25(24-16)14-18-10-6-5-7-11-18)22(27)28-15-20(26)23-19-12-8-3-4-9-13-19/h5-7,10-11,19H,3-4,8-9,12-15H2,1-2H3,(H,23,26). The molecule has 0 radical (unpaired) electrons. The van der Waals surface area contributed by atoms with Crippen molar-refractivity contribution in [3.05, 3.63) is 52.8 Å². The summed E-state index contributed by atoms with van der Waals surface area (Å²) >= 11 is 0. The van der Waals surface area contributed by atoms with Gasteiger partial charge in [0.1, 0.15) is 5.56 Å². The van der Waals surface area contributed by atoms with Gasteiger partial charge in [0, 0.05) is 6.04 Å². The molecule has 1 heterocycles. The largest absolute Gasteiger partial charge is 0.452 e. The second-order valence-electron chi connectivity index (χ2n) is 7.52. The van der Waals surface area contributed by atoms with Crippen molar-refractivity contribution < 1.29 is 14.3 Å². The van der Waals surface area contributed by atoms with E-state index in [1.807, 2.05) is 37.3 Å². The first-order chi connectivity index (χ1) is 13.5. The van der Waals surface area contributed by atoms with Crippen LogP contribution in [0.1, 0.15) is 65.8 Å². The molecule has 1 aliphatic rings. The molecule has 0 spiro atoms. The van der Waals surface area contributed by atoms with Crippen LogP contribution in [0.25, 0.3) is 0 Å². The Morgan fingerprint density at radius 1 is 1.11 bits per heavy atom. The molecule has 28 heavy (non-hydrogen) atoms. The molecule has 1 N–H and O–H groups in total. The fraction of sp³-hybridized carbons (Fsp3) is 0.500. The molecule has 0 bridgehead atoms. The van der Waals surface area contributed by atoms with Crippen LogP contribution in [-0.4, -0.2) is 34.3 Å². The average Bonchev–Trinajstić information content (AvgIpc) is 2.85. The smallest absolute Gasteiger partial charge is 0.342 e. The third kappa shape index (κ3) is 5.21. The summed E-state index contributed by atoms with van der Waals surface area (Å²) in [5, 5.41) is 7.47. The van der Waals surface area contributed by atoms with Gasteiger partial charge in [-0.1, -0.05) is 56.0 Å². The van der Waals surface area contributed by atoms with E-state index in [0.29, 0.717) is 17.8 Å². The third-order valence-corrected chi connectivity index (χ3v) is 5.32. The second-order valence-corrected chi connectivity index (χ2v) is 7.52. The normalized spacial score (nSPS) is 15.1. The minimum Gasteiger partial charge on any atom is -0.452 e. The van der Waals surface area contributed by atoms with Crippen molar-refractivity contribution in [3.63, 3.8) is 0 Å². The molecule has 150 valence electrons. The number of esters is 1. The number of ether oxygens (including phenoxy) is 1. The van der Waals surface area contributed by atoms with Gasteiger partial charge in [-0.2, -0.15) is 5.10 Å².